The van der Waals surface area contributed by atoms with Crippen LogP contribution in [-0.2, 0) is 19.6 Å². The van der Waals surface area contributed by atoms with Crippen molar-refractivity contribution in [1.29, 1.82) is 0 Å². The molecule has 24 heavy (non-hydrogen) atoms. The van der Waals surface area contributed by atoms with Crippen LogP contribution in [0.25, 0.3) is 0 Å². The first-order valence-electron chi connectivity index (χ1n) is 7.95. The molecule has 2 rings (SSSR count). The highest BCUT2D eigenvalue weighted by molar-refractivity contribution is 7.90. The Bertz CT molecular complexity index is 714. The van der Waals surface area contributed by atoms with Crippen LogP contribution in [-0.4, -0.2) is 46.0 Å². The maximum absolute atomic E-state index is 11.9. The van der Waals surface area contributed by atoms with E-state index in [1.807, 2.05) is 13.8 Å². The van der Waals surface area contributed by atoms with Gasteiger partial charge < -0.3 is 10.1 Å². The van der Waals surface area contributed by atoms with E-state index in [2.05, 4.69) is 15.0 Å². The van der Waals surface area contributed by atoms with Crippen LogP contribution in [0.3, 0.4) is 0 Å². The fourth-order valence-corrected chi connectivity index (χ4v) is 3.48. The Morgan fingerprint density at radius 3 is 2.83 bits per heavy atom. The summed E-state index contributed by atoms with van der Waals surface area (Å²) >= 11 is 0. The molecule has 0 radical (unpaired) electrons. The molecule has 132 valence electrons. The minimum Gasteiger partial charge on any atom is -0.379 e. The van der Waals surface area contributed by atoms with E-state index < -0.39 is 10.0 Å². The van der Waals surface area contributed by atoms with Gasteiger partial charge in [0.25, 0.3) is 10.0 Å². The van der Waals surface area contributed by atoms with Crippen LogP contribution in [0, 0.1) is 0 Å². The summed E-state index contributed by atoms with van der Waals surface area (Å²) in [6.45, 7) is 5.32. The average molecular weight is 353 g/mol. The number of amidine groups is 1. The summed E-state index contributed by atoms with van der Waals surface area (Å²) in [6.07, 6.45) is 1.15. The molecule has 1 aromatic rings. The van der Waals surface area contributed by atoms with E-state index in [-0.39, 0.29) is 29.9 Å². The number of nitrogens with zero attached hydrogens (tertiary/aromatic N) is 1. The first-order chi connectivity index (χ1) is 11.4. The fraction of sp³-hybridized carbons (Fsp3) is 0.500. The molecule has 1 heterocycles. The molecule has 2 N–H and O–H groups in total. The van der Waals surface area contributed by atoms with E-state index in [9.17, 15) is 13.2 Å². The summed E-state index contributed by atoms with van der Waals surface area (Å²) in [5, 5.41) is 2.79. The van der Waals surface area contributed by atoms with Gasteiger partial charge in [0, 0.05) is 25.1 Å². The predicted octanol–water partition coefficient (Wildman–Crippen LogP) is 1.05. The van der Waals surface area contributed by atoms with Crippen molar-refractivity contribution in [3.05, 3.63) is 29.8 Å². The molecular formula is C16H23N3O4S. The molecule has 1 aromatic carbocycles. The Hall–Kier alpha value is -1.93. The minimum atomic E-state index is -3.53. The molecule has 1 aliphatic rings. The van der Waals surface area contributed by atoms with E-state index in [4.69, 9.17) is 4.74 Å². The summed E-state index contributed by atoms with van der Waals surface area (Å²) in [6, 6.07) is 6.65. The van der Waals surface area contributed by atoms with Crippen molar-refractivity contribution in [3.8, 4) is 0 Å². The second-order valence-electron chi connectivity index (χ2n) is 5.71. The fourth-order valence-electron chi connectivity index (χ4n) is 2.23. The number of carbonyl (C=O) groups is 1. The third-order valence-corrected chi connectivity index (χ3v) is 4.76. The van der Waals surface area contributed by atoms with Gasteiger partial charge in [-0.1, -0.05) is 12.1 Å². The van der Waals surface area contributed by atoms with Crippen LogP contribution in [0.1, 0.15) is 32.3 Å². The van der Waals surface area contributed by atoms with Crippen LogP contribution < -0.4 is 10.0 Å². The van der Waals surface area contributed by atoms with Gasteiger partial charge in [-0.25, -0.2) is 8.42 Å². The maximum Gasteiger partial charge on any atom is 0.263 e. The van der Waals surface area contributed by atoms with Gasteiger partial charge in [0.15, 0.2) is 0 Å². The summed E-state index contributed by atoms with van der Waals surface area (Å²) in [4.78, 5) is 16.2. The number of nitrogens with one attached hydrogen (secondary N) is 2. The molecule has 1 amide bonds. The van der Waals surface area contributed by atoms with E-state index in [0.717, 1.165) is 6.42 Å². The Morgan fingerprint density at radius 1 is 1.33 bits per heavy atom. The Kier molecular flexibility index (Phi) is 6.33. The predicted molar refractivity (Wildman–Crippen MR) is 91.5 cm³/mol. The number of fused-ring (bicyclic) bond motifs is 1. The highest BCUT2D eigenvalue weighted by Crippen LogP contribution is 2.22. The zero-order valence-electron chi connectivity index (χ0n) is 13.9. The van der Waals surface area contributed by atoms with Gasteiger partial charge in [-0.05, 0) is 32.4 Å². The Balaban J connectivity index is 1.78. The van der Waals surface area contributed by atoms with E-state index in [0.29, 0.717) is 24.6 Å². The second-order valence-corrected chi connectivity index (χ2v) is 7.36. The van der Waals surface area contributed by atoms with E-state index >= 15 is 0 Å². The molecule has 8 heteroatoms. The third-order valence-electron chi connectivity index (χ3n) is 3.37. The molecule has 0 saturated heterocycles. The second kappa shape index (κ2) is 8.25. The van der Waals surface area contributed by atoms with Gasteiger partial charge in [0.05, 0.1) is 17.5 Å². The number of hydrogen-bond acceptors (Lipinski definition) is 5. The lowest BCUT2D eigenvalue weighted by Crippen LogP contribution is -2.26. The van der Waals surface area contributed by atoms with Gasteiger partial charge in [-0.3, -0.25) is 14.5 Å². The van der Waals surface area contributed by atoms with Crippen LogP contribution >= 0.6 is 0 Å². The van der Waals surface area contributed by atoms with Crippen molar-refractivity contribution in [3.63, 3.8) is 0 Å². The number of carbonyl (C=O) groups excluding carboxylic acids is 1. The number of sulfonamides is 1. The summed E-state index contributed by atoms with van der Waals surface area (Å²) in [5.74, 6) is 0.182. The summed E-state index contributed by atoms with van der Waals surface area (Å²) < 4.78 is 31.7. The highest BCUT2D eigenvalue weighted by atomic mass is 32.2. The van der Waals surface area contributed by atoms with E-state index in [1.165, 1.54) is 6.07 Å². The first kappa shape index (κ1) is 18.4. The number of aliphatic imine (C=N–C) groups is 1. The topological polar surface area (TPSA) is 96.9 Å². The lowest BCUT2D eigenvalue weighted by atomic mass is 10.2. The molecule has 0 saturated carbocycles. The van der Waals surface area contributed by atoms with Crippen molar-refractivity contribution in [2.75, 3.05) is 19.7 Å². The van der Waals surface area contributed by atoms with Gasteiger partial charge >= 0.3 is 0 Å². The lowest BCUT2D eigenvalue weighted by molar-refractivity contribution is -0.120. The van der Waals surface area contributed by atoms with Crippen molar-refractivity contribution in [2.45, 2.75) is 37.7 Å². The van der Waals surface area contributed by atoms with E-state index in [1.54, 1.807) is 18.2 Å². The Labute approximate surface area is 142 Å². The zero-order valence-corrected chi connectivity index (χ0v) is 14.7. The van der Waals surface area contributed by atoms with Gasteiger partial charge in [0.1, 0.15) is 5.84 Å². The molecule has 0 unspecified atom stereocenters. The number of rotatable bonds is 8. The number of hydrogen-bond donors (Lipinski definition) is 2. The van der Waals surface area contributed by atoms with Crippen molar-refractivity contribution in [1.82, 2.24) is 10.0 Å². The van der Waals surface area contributed by atoms with Gasteiger partial charge in [-0.15, -0.1) is 0 Å². The lowest BCUT2D eigenvalue weighted by Gasteiger charge is -2.08. The summed E-state index contributed by atoms with van der Waals surface area (Å²) in [5.41, 5.74) is 0.545. The maximum atomic E-state index is 11.9. The SMILES string of the molecule is CC(C)OCCCNC(=O)CCN=C1NS(=O)(=O)c2ccccc21. The molecule has 0 bridgehead atoms. The van der Waals surface area contributed by atoms with Gasteiger partial charge in [0.2, 0.25) is 5.91 Å². The standard InChI is InChI=1S/C16H23N3O4S/c1-12(2)23-11-5-9-17-15(20)8-10-18-16-13-6-3-4-7-14(13)24(21,22)19-16/h3-4,6-7,12H,5,8-11H2,1-2H3,(H,17,20)(H,18,19). The zero-order chi connectivity index (χ0) is 17.6. The monoisotopic (exact) mass is 353 g/mol. The third kappa shape index (κ3) is 5.04. The molecular weight excluding hydrogens is 330 g/mol. The Morgan fingerprint density at radius 2 is 2.08 bits per heavy atom. The van der Waals surface area contributed by atoms with Crippen molar-refractivity contribution in [2.24, 2.45) is 4.99 Å². The quantitative estimate of drug-likeness (QED) is 0.683. The summed E-state index contributed by atoms with van der Waals surface area (Å²) in [7, 11) is -3.53. The molecule has 7 nitrogen and oxygen atoms in total. The van der Waals surface area contributed by atoms with Crippen LogP contribution in [0.4, 0.5) is 0 Å². The number of amides is 1. The molecule has 0 aromatic heterocycles. The highest BCUT2D eigenvalue weighted by Gasteiger charge is 2.29. The van der Waals surface area contributed by atoms with Crippen LogP contribution in [0.2, 0.25) is 0 Å². The number of ether oxygens (including phenoxy) is 1. The molecule has 0 fully saturated rings. The van der Waals surface area contributed by atoms with Crippen molar-refractivity contribution >= 4 is 21.8 Å². The molecule has 0 aliphatic carbocycles. The molecule has 1 aliphatic heterocycles. The van der Waals surface area contributed by atoms with Crippen LogP contribution in [0.5, 0.6) is 0 Å². The van der Waals surface area contributed by atoms with Crippen molar-refractivity contribution < 1.29 is 17.9 Å². The smallest absolute Gasteiger partial charge is 0.263 e. The first-order valence-corrected chi connectivity index (χ1v) is 9.43. The largest absolute Gasteiger partial charge is 0.379 e. The number of benzene rings is 1. The van der Waals surface area contributed by atoms with Crippen LogP contribution in [0.15, 0.2) is 34.2 Å². The molecule has 0 spiro atoms. The average Bonchev–Trinajstić information content (AvgIpc) is 2.78. The normalized spacial score (nSPS) is 16.9. The van der Waals surface area contributed by atoms with Gasteiger partial charge in [-0.2, -0.15) is 0 Å². The minimum absolute atomic E-state index is 0.113. The molecule has 0 atom stereocenters.